The van der Waals surface area contributed by atoms with Crippen LogP contribution >= 0.6 is 11.6 Å². The van der Waals surface area contributed by atoms with Gasteiger partial charge in [-0.1, -0.05) is 29.8 Å². The molecule has 0 heterocycles. The Hall–Kier alpha value is -0.950. The van der Waals surface area contributed by atoms with E-state index in [1.165, 1.54) is 5.54 Å². The van der Waals surface area contributed by atoms with Crippen LogP contribution in [0, 0.1) is 0 Å². The zero-order valence-corrected chi connectivity index (χ0v) is 7.71. The average Bonchev–Trinajstić information content (AvgIpc) is 2.16. The van der Waals surface area contributed by atoms with Gasteiger partial charge in [0, 0.05) is 5.54 Å². The third kappa shape index (κ3) is 2.97. The fourth-order valence-electron chi connectivity index (χ4n) is 0.745. The van der Waals surface area contributed by atoms with Crippen LogP contribution in [-0.2, 0) is 0 Å². The topological polar surface area (TPSA) is 9.23 Å². The van der Waals surface area contributed by atoms with Crippen LogP contribution in [0.15, 0.2) is 41.4 Å². The quantitative estimate of drug-likeness (QED) is 0.698. The summed E-state index contributed by atoms with van der Waals surface area (Å²) in [4.78, 5) is 0. The van der Waals surface area contributed by atoms with Crippen molar-refractivity contribution in [2.75, 3.05) is 6.61 Å². The SMILES string of the molecule is C/C(=C\Cl)COc1ccccc1. The first-order valence-corrected chi connectivity index (χ1v) is 4.20. The highest BCUT2D eigenvalue weighted by atomic mass is 35.5. The summed E-state index contributed by atoms with van der Waals surface area (Å²) in [5.74, 6) is 0.871. The molecule has 0 atom stereocenters. The number of hydrogen-bond donors (Lipinski definition) is 0. The van der Waals surface area contributed by atoms with Gasteiger partial charge >= 0.3 is 0 Å². The lowest BCUT2D eigenvalue weighted by molar-refractivity contribution is 0.352. The Bertz CT molecular complexity index is 254. The van der Waals surface area contributed by atoms with Gasteiger partial charge in [-0.2, -0.15) is 0 Å². The van der Waals surface area contributed by atoms with Crippen LogP contribution in [0.2, 0.25) is 0 Å². The number of ether oxygens (including phenoxy) is 1. The maximum atomic E-state index is 5.48. The molecule has 0 amide bonds. The molecule has 0 aliphatic heterocycles. The zero-order chi connectivity index (χ0) is 8.81. The lowest BCUT2D eigenvalue weighted by atomic mass is 10.3. The monoisotopic (exact) mass is 182 g/mol. The standard InChI is InChI=1S/C10H11ClO/c1-9(7-11)8-12-10-5-3-2-4-6-10/h2-7H,8H2,1H3/b9-7+. The number of halogens is 1. The predicted molar refractivity (Wildman–Crippen MR) is 51.5 cm³/mol. The van der Waals surface area contributed by atoms with Gasteiger partial charge in [-0.25, -0.2) is 0 Å². The Balaban J connectivity index is 2.44. The fourth-order valence-corrected chi connectivity index (χ4v) is 0.808. The molecule has 0 aliphatic rings. The largest absolute Gasteiger partial charge is 0.489 e. The Morgan fingerprint density at radius 3 is 2.67 bits per heavy atom. The molecule has 1 nitrogen and oxygen atoms in total. The maximum absolute atomic E-state index is 5.48. The summed E-state index contributed by atoms with van der Waals surface area (Å²) in [6, 6.07) is 9.67. The summed E-state index contributed by atoms with van der Waals surface area (Å²) < 4.78 is 5.41. The molecule has 1 aromatic rings. The smallest absolute Gasteiger partial charge is 0.119 e. The van der Waals surface area contributed by atoms with Crippen LogP contribution < -0.4 is 4.74 Å². The number of benzene rings is 1. The Kier molecular flexibility index (Phi) is 3.68. The van der Waals surface area contributed by atoms with Crippen LogP contribution in [0.4, 0.5) is 0 Å². The van der Waals surface area contributed by atoms with Gasteiger partial charge in [0.25, 0.3) is 0 Å². The molecule has 0 saturated heterocycles. The first kappa shape index (κ1) is 9.14. The van der Waals surface area contributed by atoms with Crippen LogP contribution in [-0.4, -0.2) is 6.61 Å². The molecule has 0 aromatic heterocycles. The van der Waals surface area contributed by atoms with E-state index < -0.39 is 0 Å². The predicted octanol–water partition coefficient (Wildman–Crippen LogP) is 3.21. The highest BCUT2D eigenvalue weighted by Gasteiger charge is 1.91. The molecule has 0 saturated carbocycles. The van der Waals surface area contributed by atoms with Gasteiger partial charge in [-0.05, 0) is 24.6 Å². The highest BCUT2D eigenvalue weighted by molar-refractivity contribution is 6.25. The lowest BCUT2D eigenvalue weighted by Gasteiger charge is -2.04. The van der Waals surface area contributed by atoms with Gasteiger partial charge in [-0.15, -0.1) is 0 Å². The van der Waals surface area contributed by atoms with Crippen molar-refractivity contribution in [3.05, 3.63) is 41.4 Å². The summed E-state index contributed by atoms with van der Waals surface area (Å²) in [7, 11) is 0. The summed E-state index contributed by atoms with van der Waals surface area (Å²) in [6.45, 7) is 2.48. The van der Waals surface area contributed by atoms with E-state index in [2.05, 4.69) is 0 Å². The summed E-state index contributed by atoms with van der Waals surface area (Å²) in [5, 5.41) is 0. The summed E-state index contributed by atoms with van der Waals surface area (Å²) in [6.07, 6.45) is 0. The minimum absolute atomic E-state index is 0.549. The third-order valence-electron chi connectivity index (χ3n) is 1.40. The fraction of sp³-hybridized carbons (Fsp3) is 0.200. The normalized spacial score (nSPS) is 11.3. The van der Waals surface area contributed by atoms with E-state index in [9.17, 15) is 0 Å². The molecule has 2 heteroatoms. The molecule has 0 bridgehead atoms. The van der Waals surface area contributed by atoms with Crippen molar-refractivity contribution in [3.63, 3.8) is 0 Å². The molecular formula is C10H11ClO. The molecule has 64 valence electrons. The number of para-hydroxylation sites is 1. The van der Waals surface area contributed by atoms with Crippen molar-refractivity contribution in [1.82, 2.24) is 0 Å². The second-order valence-electron chi connectivity index (χ2n) is 2.56. The van der Waals surface area contributed by atoms with E-state index in [1.807, 2.05) is 37.3 Å². The van der Waals surface area contributed by atoms with Crippen molar-refractivity contribution in [2.45, 2.75) is 6.92 Å². The third-order valence-corrected chi connectivity index (χ3v) is 1.77. The van der Waals surface area contributed by atoms with E-state index in [-0.39, 0.29) is 0 Å². The van der Waals surface area contributed by atoms with E-state index in [4.69, 9.17) is 16.3 Å². The average molecular weight is 183 g/mol. The number of hydrogen-bond acceptors (Lipinski definition) is 1. The van der Waals surface area contributed by atoms with Gasteiger partial charge in [0.1, 0.15) is 12.4 Å². The molecule has 12 heavy (non-hydrogen) atoms. The number of rotatable bonds is 3. The van der Waals surface area contributed by atoms with Crippen LogP contribution in [0.1, 0.15) is 6.92 Å². The van der Waals surface area contributed by atoms with Crippen LogP contribution in [0.5, 0.6) is 5.75 Å². The molecule has 1 aromatic carbocycles. The molecule has 0 fully saturated rings. The van der Waals surface area contributed by atoms with Gasteiger partial charge < -0.3 is 4.74 Å². The van der Waals surface area contributed by atoms with Gasteiger partial charge in [0.05, 0.1) is 0 Å². The second kappa shape index (κ2) is 4.83. The lowest BCUT2D eigenvalue weighted by Crippen LogP contribution is -1.97. The van der Waals surface area contributed by atoms with Gasteiger partial charge in [-0.3, -0.25) is 0 Å². The van der Waals surface area contributed by atoms with Crippen molar-refractivity contribution in [3.8, 4) is 5.75 Å². The minimum Gasteiger partial charge on any atom is -0.489 e. The highest BCUT2D eigenvalue weighted by Crippen LogP contribution is 2.09. The van der Waals surface area contributed by atoms with Crippen molar-refractivity contribution in [2.24, 2.45) is 0 Å². The molecule has 0 N–H and O–H groups in total. The van der Waals surface area contributed by atoms with E-state index in [1.54, 1.807) is 0 Å². The van der Waals surface area contributed by atoms with Crippen molar-refractivity contribution >= 4 is 11.6 Å². The van der Waals surface area contributed by atoms with E-state index in [0.717, 1.165) is 11.3 Å². The molecule has 1 rings (SSSR count). The Morgan fingerprint density at radius 1 is 1.42 bits per heavy atom. The summed E-state index contributed by atoms with van der Waals surface area (Å²) >= 11 is 5.48. The second-order valence-corrected chi connectivity index (χ2v) is 2.78. The van der Waals surface area contributed by atoms with Gasteiger partial charge in [0.15, 0.2) is 0 Å². The van der Waals surface area contributed by atoms with Crippen molar-refractivity contribution in [1.29, 1.82) is 0 Å². The molecule has 0 unspecified atom stereocenters. The van der Waals surface area contributed by atoms with E-state index in [0.29, 0.717) is 6.61 Å². The maximum Gasteiger partial charge on any atom is 0.119 e. The molecule has 0 spiro atoms. The Labute approximate surface area is 77.6 Å². The van der Waals surface area contributed by atoms with Crippen molar-refractivity contribution < 1.29 is 4.74 Å². The summed E-state index contributed by atoms with van der Waals surface area (Å²) in [5.41, 5.74) is 2.55. The Morgan fingerprint density at radius 2 is 2.08 bits per heavy atom. The van der Waals surface area contributed by atoms with Crippen LogP contribution in [0.3, 0.4) is 0 Å². The minimum atomic E-state index is 0.549. The van der Waals surface area contributed by atoms with Gasteiger partial charge in [0.2, 0.25) is 0 Å². The molecule has 0 radical (unpaired) electrons. The molecular weight excluding hydrogens is 172 g/mol. The van der Waals surface area contributed by atoms with E-state index >= 15 is 0 Å². The first-order chi connectivity index (χ1) is 5.83. The first-order valence-electron chi connectivity index (χ1n) is 3.76. The van der Waals surface area contributed by atoms with Crippen LogP contribution in [0.25, 0.3) is 0 Å². The zero-order valence-electron chi connectivity index (χ0n) is 6.96. The molecule has 0 aliphatic carbocycles.